The van der Waals surface area contributed by atoms with E-state index in [1.54, 1.807) is 6.07 Å². The van der Waals surface area contributed by atoms with Crippen LogP contribution in [-0.2, 0) is 12.3 Å². The quantitative estimate of drug-likeness (QED) is 0.854. The Morgan fingerprint density at radius 2 is 2.18 bits per heavy atom. The topological polar surface area (TPSA) is 66.1 Å². The van der Waals surface area contributed by atoms with Crippen LogP contribution in [0.2, 0.25) is 0 Å². The van der Waals surface area contributed by atoms with Crippen LogP contribution in [0.1, 0.15) is 11.3 Å². The molecule has 0 unspecified atom stereocenters. The molecule has 8 heteroatoms. The summed E-state index contributed by atoms with van der Waals surface area (Å²) in [4.78, 5) is 3.42. The molecule has 0 fully saturated rings. The average Bonchev–Trinajstić information content (AvgIpc) is 2.20. The molecule has 0 saturated carbocycles. The highest BCUT2D eigenvalue weighted by Gasteiger charge is 2.33. The molecular weight excluding hydrogens is 261 g/mol. The second kappa shape index (κ2) is 5.10. The zero-order valence-electron chi connectivity index (χ0n) is 8.25. The van der Waals surface area contributed by atoms with Crippen LogP contribution in [0.25, 0.3) is 0 Å². The summed E-state index contributed by atoms with van der Waals surface area (Å²) in [7, 11) is 0. The van der Waals surface area contributed by atoms with Gasteiger partial charge in [-0.2, -0.15) is 5.26 Å². The molecule has 0 aliphatic rings. The minimum Gasteiger partial charge on any atom is -0.506 e. The van der Waals surface area contributed by atoms with Crippen molar-refractivity contribution in [2.75, 3.05) is 0 Å². The van der Waals surface area contributed by atoms with Crippen LogP contribution in [0.15, 0.2) is 6.07 Å². The van der Waals surface area contributed by atoms with E-state index in [1.807, 2.05) is 0 Å². The zero-order valence-corrected chi connectivity index (χ0v) is 9.01. The van der Waals surface area contributed by atoms with Crippen LogP contribution in [0.3, 0.4) is 0 Å². The Labute approximate surface area is 99.2 Å². The number of ether oxygens (including phenoxy) is 1. The van der Waals surface area contributed by atoms with Crippen molar-refractivity contribution in [3.8, 4) is 17.7 Å². The van der Waals surface area contributed by atoms with Crippen molar-refractivity contribution in [3.05, 3.63) is 17.3 Å². The lowest BCUT2D eigenvalue weighted by atomic mass is 10.2. The van der Waals surface area contributed by atoms with Crippen molar-refractivity contribution in [2.45, 2.75) is 18.7 Å². The third kappa shape index (κ3) is 3.67. The highest BCUT2D eigenvalue weighted by molar-refractivity contribution is 6.17. The van der Waals surface area contributed by atoms with Gasteiger partial charge in [0.2, 0.25) is 5.88 Å². The smallest absolute Gasteiger partial charge is 0.506 e. The highest BCUT2D eigenvalue weighted by atomic mass is 35.5. The van der Waals surface area contributed by atoms with Crippen LogP contribution in [0.5, 0.6) is 11.6 Å². The van der Waals surface area contributed by atoms with Gasteiger partial charge in [-0.05, 0) is 6.07 Å². The molecule has 1 heterocycles. The van der Waals surface area contributed by atoms with Gasteiger partial charge in [-0.1, -0.05) is 0 Å². The fourth-order valence-corrected chi connectivity index (χ4v) is 1.27. The first-order valence-electron chi connectivity index (χ1n) is 4.27. The molecule has 0 spiro atoms. The third-order valence-electron chi connectivity index (χ3n) is 1.73. The van der Waals surface area contributed by atoms with Gasteiger partial charge in [0.1, 0.15) is 11.4 Å². The second-order valence-corrected chi connectivity index (χ2v) is 3.20. The van der Waals surface area contributed by atoms with Crippen molar-refractivity contribution in [2.24, 2.45) is 0 Å². The Morgan fingerprint density at radius 3 is 2.65 bits per heavy atom. The van der Waals surface area contributed by atoms with Crippen molar-refractivity contribution >= 4 is 11.6 Å². The lowest BCUT2D eigenvalue weighted by molar-refractivity contribution is -0.276. The number of aromatic nitrogens is 1. The molecule has 1 N–H and O–H groups in total. The molecule has 0 aliphatic carbocycles. The number of hydrogen-bond donors (Lipinski definition) is 1. The number of halogens is 4. The summed E-state index contributed by atoms with van der Waals surface area (Å²) in [6.07, 6.45) is -5.29. The van der Waals surface area contributed by atoms with Crippen LogP contribution in [0, 0.1) is 11.3 Å². The Morgan fingerprint density at radius 1 is 1.53 bits per heavy atom. The number of nitriles is 1. The zero-order chi connectivity index (χ0) is 13.1. The monoisotopic (exact) mass is 266 g/mol. The van der Waals surface area contributed by atoms with Gasteiger partial charge < -0.3 is 9.84 Å². The summed E-state index contributed by atoms with van der Waals surface area (Å²) < 4.78 is 39.8. The van der Waals surface area contributed by atoms with E-state index in [4.69, 9.17) is 16.9 Å². The number of pyridine rings is 1. The number of rotatable bonds is 3. The summed E-state index contributed by atoms with van der Waals surface area (Å²) in [5.74, 6) is -1.42. The first-order valence-corrected chi connectivity index (χ1v) is 4.81. The van der Waals surface area contributed by atoms with E-state index >= 15 is 0 Å². The molecule has 0 atom stereocenters. The summed E-state index contributed by atoms with van der Waals surface area (Å²) in [6, 6.07) is 2.62. The van der Waals surface area contributed by atoms with Crippen molar-refractivity contribution in [1.82, 2.24) is 4.98 Å². The standard InChI is InChI=1S/C9H6ClF3N2O2/c10-4-6-7(16)3-5(1-2-14)8(15-6)17-9(11,12)13/h3,16H,1,4H2. The first-order chi connectivity index (χ1) is 7.87. The van der Waals surface area contributed by atoms with Crippen LogP contribution in [0.4, 0.5) is 13.2 Å². The van der Waals surface area contributed by atoms with E-state index in [-0.39, 0.29) is 29.3 Å². The fourth-order valence-electron chi connectivity index (χ4n) is 1.07. The van der Waals surface area contributed by atoms with Gasteiger partial charge in [-0.15, -0.1) is 24.8 Å². The van der Waals surface area contributed by atoms with Gasteiger partial charge in [0.25, 0.3) is 0 Å². The molecule has 4 nitrogen and oxygen atoms in total. The minimum absolute atomic E-state index is 0.146. The van der Waals surface area contributed by atoms with Gasteiger partial charge >= 0.3 is 6.36 Å². The van der Waals surface area contributed by atoms with Crippen molar-refractivity contribution < 1.29 is 23.0 Å². The van der Waals surface area contributed by atoms with Gasteiger partial charge in [0.05, 0.1) is 18.4 Å². The molecule has 1 rings (SSSR count). The molecule has 1 aromatic rings. The van der Waals surface area contributed by atoms with Gasteiger partial charge in [0, 0.05) is 5.56 Å². The molecule has 0 aromatic carbocycles. The summed E-state index contributed by atoms with van der Waals surface area (Å²) in [5.41, 5.74) is -0.302. The number of hydrogen-bond acceptors (Lipinski definition) is 4. The second-order valence-electron chi connectivity index (χ2n) is 2.93. The van der Waals surface area contributed by atoms with Crippen LogP contribution < -0.4 is 4.74 Å². The van der Waals surface area contributed by atoms with E-state index < -0.39 is 12.2 Å². The van der Waals surface area contributed by atoms with Gasteiger partial charge in [-0.3, -0.25) is 0 Å². The maximum atomic E-state index is 12.1. The lowest BCUT2D eigenvalue weighted by Gasteiger charge is -2.12. The van der Waals surface area contributed by atoms with E-state index in [9.17, 15) is 18.3 Å². The van der Waals surface area contributed by atoms with Crippen molar-refractivity contribution in [3.63, 3.8) is 0 Å². The highest BCUT2D eigenvalue weighted by Crippen LogP contribution is 2.29. The minimum atomic E-state index is -4.92. The maximum Gasteiger partial charge on any atom is 0.574 e. The number of nitrogens with zero attached hydrogens (tertiary/aromatic N) is 2. The summed E-state index contributed by atoms with van der Waals surface area (Å²) in [5, 5.41) is 17.8. The Hall–Kier alpha value is -1.68. The molecular formula is C9H6ClF3N2O2. The Kier molecular flexibility index (Phi) is 4.02. The molecule has 1 aromatic heterocycles. The van der Waals surface area contributed by atoms with Gasteiger partial charge in [-0.25, -0.2) is 4.98 Å². The van der Waals surface area contributed by atoms with Gasteiger partial charge in [0.15, 0.2) is 0 Å². The summed E-state index contributed by atoms with van der Waals surface area (Å²) in [6.45, 7) is 0. The molecule has 0 bridgehead atoms. The molecule has 92 valence electrons. The Balaban J connectivity index is 3.20. The summed E-state index contributed by atoms with van der Waals surface area (Å²) >= 11 is 5.38. The molecule has 17 heavy (non-hydrogen) atoms. The van der Waals surface area contributed by atoms with E-state index in [0.29, 0.717) is 0 Å². The average molecular weight is 267 g/mol. The molecule has 0 aliphatic heterocycles. The molecule has 0 radical (unpaired) electrons. The van der Waals surface area contributed by atoms with E-state index in [1.165, 1.54) is 0 Å². The molecule has 0 saturated heterocycles. The predicted molar refractivity (Wildman–Crippen MR) is 51.5 cm³/mol. The fraction of sp³-hybridized carbons (Fsp3) is 0.333. The predicted octanol–water partition coefficient (Wildman–Crippen LogP) is 2.49. The SMILES string of the molecule is N#CCc1cc(O)c(CCl)nc1OC(F)(F)F. The largest absolute Gasteiger partial charge is 0.574 e. The molecule has 0 amide bonds. The van der Waals surface area contributed by atoms with Crippen LogP contribution >= 0.6 is 11.6 Å². The first kappa shape index (κ1) is 13.4. The van der Waals surface area contributed by atoms with E-state index in [0.717, 1.165) is 6.07 Å². The van der Waals surface area contributed by atoms with Crippen LogP contribution in [-0.4, -0.2) is 16.5 Å². The van der Waals surface area contributed by atoms with Crippen molar-refractivity contribution in [1.29, 1.82) is 5.26 Å². The number of aromatic hydroxyl groups is 1. The lowest BCUT2D eigenvalue weighted by Crippen LogP contribution is -2.19. The number of alkyl halides is 4. The normalized spacial score (nSPS) is 11.0. The maximum absolute atomic E-state index is 12.1. The van der Waals surface area contributed by atoms with E-state index in [2.05, 4.69) is 9.72 Å². The third-order valence-corrected chi connectivity index (χ3v) is 1.98. The Bertz CT molecular complexity index is 457.